The minimum absolute atomic E-state index is 0. The summed E-state index contributed by atoms with van der Waals surface area (Å²) in [5, 5.41) is 0. The molecule has 4 nitrogen and oxygen atoms in total. The number of rotatable bonds is 12. The second-order valence-electron chi connectivity index (χ2n) is 19.0. The van der Waals surface area contributed by atoms with Crippen LogP contribution in [0.3, 0.4) is 0 Å². The Balaban J connectivity index is 0.00000609. The maximum Gasteiger partial charge on any atom is 0.0160 e. The van der Waals surface area contributed by atoms with Gasteiger partial charge in [-0.1, -0.05) is 203 Å². The third-order valence-corrected chi connectivity index (χ3v) is 14.3. The molecular weight excluding hydrogens is 1130 g/mol. The molecule has 0 spiro atoms. The Morgan fingerprint density at radius 2 is 0.744 bits per heavy atom. The zero-order chi connectivity index (χ0) is 51.3. The molecule has 1 aliphatic heterocycles. The Morgan fingerprint density at radius 1 is 0.295 bits per heavy atom. The average molecular weight is 1170 g/mol. The average Bonchev–Trinajstić information content (AvgIpc) is 4.10. The van der Waals surface area contributed by atoms with Gasteiger partial charge in [-0.15, -0.1) is 77.6 Å². The number of benzene rings is 10. The van der Waals surface area contributed by atoms with E-state index in [2.05, 4.69) is 270 Å². The van der Waals surface area contributed by atoms with Crippen LogP contribution in [-0.2, 0) is 20.1 Å². The quantitative estimate of drug-likeness (QED) is 0.114. The van der Waals surface area contributed by atoms with E-state index < -0.39 is 0 Å². The third-order valence-electron chi connectivity index (χ3n) is 14.3. The van der Waals surface area contributed by atoms with E-state index in [0.29, 0.717) is 0 Å². The first kappa shape index (κ1) is 49.4. The number of pyridine rings is 2. The van der Waals surface area contributed by atoms with Gasteiger partial charge in [-0.25, -0.2) is 0 Å². The van der Waals surface area contributed by atoms with Gasteiger partial charge in [-0.3, -0.25) is 0 Å². The van der Waals surface area contributed by atoms with Gasteiger partial charge in [0, 0.05) is 38.2 Å². The van der Waals surface area contributed by atoms with Gasteiger partial charge in [0.15, 0.2) is 0 Å². The van der Waals surface area contributed by atoms with Gasteiger partial charge in [-0.2, -0.15) is 18.2 Å². The van der Waals surface area contributed by atoms with Crippen LogP contribution in [0.15, 0.2) is 286 Å². The predicted octanol–water partition coefficient (Wildman–Crippen LogP) is 18.5. The molecule has 0 aliphatic carbocycles. The summed E-state index contributed by atoms with van der Waals surface area (Å²) in [5.41, 5.74) is 23.5. The van der Waals surface area contributed by atoms with Crippen LogP contribution in [-0.4, -0.2) is 9.97 Å². The SMILES string of the molecule is [Ir].[c-]1cc(-c2ccccc2-c2cc(-c3ccccc3-c3c[c-]c(N4C=CN(c5ccccc5)[CH-]4)cc3)cc(-c3ccccc3-c3c[c-]c(-c4ccccn4)cc3-c3ccc(-c4ccccc4)cc3)c2)ccc1-c1ccccn1. The van der Waals surface area contributed by atoms with Gasteiger partial charge in [0.1, 0.15) is 0 Å². The minimum Gasteiger partial charge on any atom is -0.500 e. The second-order valence-corrected chi connectivity index (χ2v) is 19.0. The Kier molecular flexibility index (Phi) is 14.2. The molecule has 3 heterocycles. The number of hydrogen-bond donors (Lipinski definition) is 0. The number of anilines is 2. The fourth-order valence-corrected chi connectivity index (χ4v) is 10.4. The van der Waals surface area contributed by atoms with Crippen LogP contribution in [0.4, 0.5) is 11.4 Å². The summed E-state index contributed by atoms with van der Waals surface area (Å²) in [6.45, 7) is 2.09. The molecule has 0 saturated carbocycles. The van der Waals surface area contributed by atoms with Gasteiger partial charge in [0.2, 0.25) is 0 Å². The van der Waals surface area contributed by atoms with Crippen LogP contribution in [0.2, 0.25) is 0 Å². The summed E-state index contributed by atoms with van der Waals surface area (Å²) in [5.74, 6) is 0. The van der Waals surface area contributed by atoms with Crippen molar-refractivity contribution in [2.24, 2.45) is 0 Å². The molecule has 13 rings (SSSR count). The molecule has 0 N–H and O–H groups in total. The standard InChI is InChI=1S/C73H48N4.Ir/c1-3-17-52(18-4-1)53-29-31-56(32-30-53)71-50-58(73-28-14-16-44-75-73)39-42-70(71)69-26-12-11-25-68(69)61-48-59(66-23-9-7-21-64(66)54-33-35-57(36-34-54)72-27-13-15-43-74-72)47-60(49-61)67-24-10-8-22-65(67)55-37-40-63(41-38-55)77-46-45-76(51-77)62-19-5-2-6-20-62;/h1-35,37-38,40,42-51H;/q-4;. The first-order valence-electron chi connectivity index (χ1n) is 25.8. The van der Waals surface area contributed by atoms with E-state index in [4.69, 9.17) is 4.98 Å². The van der Waals surface area contributed by atoms with E-state index in [1.165, 1.54) is 11.1 Å². The fraction of sp³-hybridized carbons (Fsp3) is 0. The molecule has 12 aromatic rings. The smallest absolute Gasteiger partial charge is 0.0160 e. The summed E-state index contributed by atoms with van der Waals surface area (Å²) in [4.78, 5) is 13.6. The van der Waals surface area contributed by atoms with Crippen molar-refractivity contribution in [3.05, 3.63) is 311 Å². The van der Waals surface area contributed by atoms with Crippen LogP contribution in [0.5, 0.6) is 0 Å². The van der Waals surface area contributed by atoms with E-state index in [0.717, 1.165) is 112 Å². The van der Waals surface area contributed by atoms with Crippen molar-refractivity contribution in [1.82, 2.24) is 9.97 Å². The largest absolute Gasteiger partial charge is 0.500 e. The first-order chi connectivity index (χ1) is 38.2. The van der Waals surface area contributed by atoms with Gasteiger partial charge < -0.3 is 19.8 Å². The van der Waals surface area contributed by atoms with Crippen LogP contribution >= 0.6 is 0 Å². The van der Waals surface area contributed by atoms with Crippen LogP contribution in [0.1, 0.15) is 0 Å². The molecule has 373 valence electrons. The van der Waals surface area contributed by atoms with E-state index in [-0.39, 0.29) is 20.1 Å². The molecule has 10 aromatic carbocycles. The molecule has 78 heavy (non-hydrogen) atoms. The Bertz CT molecular complexity index is 4030. The normalized spacial score (nSPS) is 11.8. The fourth-order valence-electron chi connectivity index (χ4n) is 10.4. The first-order valence-corrected chi connectivity index (χ1v) is 25.8. The topological polar surface area (TPSA) is 32.3 Å². The molecule has 0 fully saturated rings. The molecule has 5 heteroatoms. The molecule has 0 amide bonds. The van der Waals surface area contributed by atoms with Gasteiger partial charge in [0.05, 0.1) is 0 Å². The van der Waals surface area contributed by atoms with Gasteiger partial charge in [-0.05, 0) is 116 Å². The molecular formula is C73H48IrN4-4. The Labute approximate surface area is 470 Å². The number of aromatic nitrogens is 2. The zero-order valence-corrected chi connectivity index (χ0v) is 44.7. The molecule has 2 aromatic heterocycles. The molecule has 0 bridgehead atoms. The summed E-state index contributed by atoms with van der Waals surface area (Å²) < 4.78 is 0. The van der Waals surface area contributed by atoms with E-state index >= 15 is 0 Å². The summed E-state index contributed by atoms with van der Waals surface area (Å²) in [6, 6.07) is 103. The molecule has 0 saturated heterocycles. The molecule has 1 radical (unpaired) electrons. The number of nitrogens with zero attached hydrogens (tertiary/aromatic N) is 4. The third kappa shape index (κ3) is 10.2. The van der Waals surface area contributed by atoms with Gasteiger partial charge >= 0.3 is 0 Å². The van der Waals surface area contributed by atoms with Crippen molar-refractivity contribution in [2.75, 3.05) is 9.80 Å². The summed E-state index contributed by atoms with van der Waals surface area (Å²) in [6.07, 6.45) is 7.81. The Hall–Kier alpha value is -9.51. The van der Waals surface area contributed by atoms with E-state index in [9.17, 15) is 0 Å². The maximum absolute atomic E-state index is 4.75. The zero-order valence-electron chi connectivity index (χ0n) is 42.3. The van der Waals surface area contributed by atoms with Crippen molar-refractivity contribution < 1.29 is 20.1 Å². The maximum atomic E-state index is 4.75. The van der Waals surface area contributed by atoms with Crippen LogP contribution < -0.4 is 9.80 Å². The molecule has 1 aliphatic rings. The van der Waals surface area contributed by atoms with Crippen molar-refractivity contribution in [3.63, 3.8) is 0 Å². The molecule has 0 unspecified atom stereocenters. The van der Waals surface area contributed by atoms with Crippen LogP contribution in [0, 0.1) is 24.9 Å². The molecule has 0 atom stereocenters. The van der Waals surface area contributed by atoms with E-state index in [1.807, 2.05) is 54.9 Å². The predicted molar refractivity (Wildman–Crippen MR) is 318 cm³/mol. The van der Waals surface area contributed by atoms with E-state index in [1.54, 1.807) is 0 Å². The van der Waals surface area contributed by atoms with Crippen molar-refractivity contribution in [1.29, 1.82) is 0 Å². The Morgan fingerprint density at radius 3 is 1.29 bits per heavy atom. The van der Waals surface area contributed by atoms with Crippen molar-refractivity contribution in [2.45, 2.75) is 0 Å². The number of hydrogen-bond acceptors (Lipinski definition) is 4. The number of para-hydroxylation sites is 1. The van der Waals surface area contributed by atoms with Crippen molar-refractivity contribution >= 4 is 11.4 Å². The van der Waals surface area contributed by atoms with Crippen LogP contribution in [0.25, 0.3) is 112 Å². The second kappa shape index (κ2) is 22.4. The monoisotopic (exact) mass is 1170 g/mol. The van der Waals surface area contributed by atoms with Gasteiger partial charge in [0.25, 0.3) is 0 Å². The summed E-state index contributed by atoms with van der Waals surface area (Å²) >= 11 is 0. The van der Waals surface area contributed by atoms with Crippen molar-refractivity contribution in [3.8, 4) is 112 Å². The summed E-state index contributed by atoms with van der Waals surface area (Å²) in [7, 11) is 0. The minimum atomic E-state index is 0.